The van der Waals surface area contributed by atoms with Gasteiger partial charge >= 0.3 is 6.18 Å². The number of sulfonamides is 1. The van der Waals surface area contributed by atoms with E-state index in [-0.39, 0.29) is 18.9 Å². The average Bonchev–Trinajstić information content (AvgIpc) is 2.22. The van der Waals surface area contributed by atoms with E-state index in [2.05, 4.69) is 15.0 Å². The lowest BCUT2D eigenvalue weighted by atomic mass is 10.3. The molecule has 1 heterocycles. The highest BCUT2D eigenvalue weighted by atomic mass is 32.2. The summed E-state index contributed by atoms with van der Waals surface area (Å²) in [5.74, 6) is 0.0418. The number of anilines is 1. The van der Waals surface area contributed by atoms with Crippen LogP contribution in [0.5, 0.6) is 0 Å². The van der Waals surface area contributed by atoms with Crippen LogP contribution in [0.1, 0.15) is 5.69 Å². The van der Waals surface area contributed by atoms with Gasteiger partial charge in [-0.05, 0) is 12.1 Å². The molecule has 0 aromatic carbocycles. The van der Waals surface area contributed by atoms with E-state index in [0.717, 1.165) is 12.3 Å². The number of rotatable bonds is 5. The summed E-state index contributed by atoms with van der Waals surface area (Å²) in [4.78, 5) is 3.36. The molecule has 0 radical (unpaired) electrons. The van der Waals surface area contributed by atoms with Crippen molar-refractivity contribution in [2.24, 2.45) is 0 Å². The van der Waals surface area contributed by atoms with Crippen LogP contribution in [0.2, 0.25) is 0 Å². The van der Waals surface area contributed by atoms with Crippen LogP contribution in [0, 0.1) is 0 Å². The Morgan fingerprint density at radius 2 is 1.94 bits per heavy atom. The van der Waals surface area contributed by atoms with Crippen LogP contribution in [-0.2, 0) is 16.2 Å². The molecule has 2 N–H and O–H groups in total. The van der Waals surface area contributed by atoms with Crippen LogP contribution in [-0.4, -0.2) is 32.7 Å². The molecule has 0 fully saturated rings. The van der Waals surface area contributed by atoms with E-state index >= 15 is 0 Å². The molecule has 0 saturated heterocycles. The van der Waals surface area contributed by atoms with E-state index in [4.69, 9.17) is 0 Å². The number of nitrogens with zero attached hydrogens (tertiary/aromatic N) is 1. The fourth-order valence-electron chi connectivity index (χ4n) is 1.12. The van der Waals surface area contributed by atoms with Gasteiger partial charge in [-0.1, -0.05) is 6.07 Å². The lowest BCUT2D eigenvalue weighted by Crippen LogP contribution is -2.27. The zero-order chi connectivity index (χ0) is 13.8. The van der Waals surface area contributed by atoms with Crippen molar-refractivity contribution >= 4 is 15.8 Å². The molecule has 0 unspecified atom stereocenters. The highest BCUT2D eigenvalue weighted by Crippen LogP contribution is 2.27. The molecule has 18 heavy (non-hydrogen) atoms. The zero-order valence-electron chi connectivity index (χ0n) is 9.45. The molecule has 0 aliphatic rings. The number of hydrogen-bond donors (Lipinski definition) is 2. The summed E-state index contributed by atoms with van der Waals surface area (Å²) in [6, 6.07) is 3.46. The van der Waals surface area contributed by atoms with E-state index in [1.54, 1.807) is 0 Å². The molecule has 1 aromatic heterocycles. The standard InChI is InChI=1S/C9H12F3N3O2S/c1-18(16,17)14-6-5-13-8-4-2-3-7(15-8)9(10,11)12/h2-4,14H,5-6H2,1H3,(H,13,15). The first-order valence-electron chi connectivity index (χ1n) is 4.91. The molecule has 0 aliphatic heterocycles. The molecule has 0 amide bonds. The zero-order valence-corrected chi connectivity index (χ0v) is 10.3. The molecule has 5 nitrogen and oxygen atoms in total. The fourth-order valence-corrected chi connectivity index (χ4v) is 1.59. The average molecular weight is 283 g/mol. The molecule has 1 aromatic rings. The Labute approximate surface area is 102 Å². The maximum absolute atomic E-state index is 12.3. The number of nitrogens with one attached hydrogen (secondary N) is 2. The second-order valence-electron chi connectivity index (χ2n) is 3.50. The van der Waals surface area contributed by atoms with Crippen LogP contribution < -0.4 is 10.0 Å². The Morgan fingerprint density at radius 1 is 1.28 bits per heavy atom. The van der Waals surface area contributed by atoms with Crippen LogP contribution >= 0.6 is 0 Å². The fraction of sp³-hybridized carbons (Fsp3) is 0.444. The molecule has 0 aliphatic carbocycles. The van der Waals surface area contributed by atoms with Gasteiger partial charge in [0.1, 0.15) is 11.5 Å². The van der Waals surface area contributed by atoms with Gasteiger partial charge in [0.05, 0.1) is 6.26 Å². The molecule has 9 heteroatoms. The predicted octanol–water partition coefficient (Wildman–Crippen LogP) is 1.06. The van der Waals surface area contributed by atoms with Gasteiger partial charge in [-0.2, -0.15) is 13.2 Å². The lowest BCUT2D eigenvalue weighted by Gasteiger charge is -2.09. The molecule has 1 rings (SSSR count). The lowest BCUT2D eigenvalue weighted by molar-refractivity contribution is -0.141. The summed E-state index contributed by atoms with van der Waals surface area (Å²) >= 11 is 0. The van der Waals surface area contributed by atoms with Gasteiger partial charge in [0.25, 0.3) is 0 Å². The maximum atomic E-state index is 12.3. The Hall–Kier alpha value is -1.35. The first-order chi connectivity index (χ1) is 8.18. The third-order valence-electron chi connectivity index (χ3n) is 1.83. The molecular formula is C9H12F3N3O2S. The SMILES string of the molecule is CS(=O)(=O)NCCNc1cccc(C(F)(F)F)n1. The van der Waals surface area contributed by atoms with Gasteiger partial charge in [0.2, 0.25) is 10.0 Å². The maximum Gasteiger partial charge on any atom is 0.433 e. The molecule has 0 atom stereocenters. The van der Waals surface area contributed by atoms with Gasteiger partial charge in [0.15, 0.2) is 0 Å². The number of alkyl halides is 3. The first-order valence-corrected chi connectivity index (χ1v) is 6.80. The minimum Gasteiger partial charge on any atom is -0.369 e. The highest BCUT2D eigenvalue weighted by Gasteiger charge is 2.32. The monoisotopic (exact) mass is 283 g/mol. The van der Waals surface area contributed by atoms with E-state index in [0.29, 0.717) is 0 Å². The second-order valence-corrected chi connectivity index (χ2v) is 5.33. The van der Waals surface area contributed by atoms with Crippen molar-refractivity contribution in [2.75, 3.05) is 24.7 Å². The van der Waals surface area contributed by atoms with Crippen molar-refractivity contribution in [3.8, 4) is 0 Å². The minimum atomic E-state index is -4.50. The van der Waals surface area contributed by atoms with E-state index in [1.165, 1.54) is 12.1 Å². The quantitative estimate of drug-likeness (QED) is 0.793. The molecule has 0 bridgehead atoms. The number of halogens is 3. The predicted molar refractivity (Wildman–Crippen MR) is 60.6 cm³/mol. The van der Waals surface area contributed by atoms with Gasteiger partial charge in [0, 0.05) is 13.1 Å². The Morgan fingerprint density at radius 3 is 2.50 bits per heavy atom. The summed E-state index contributed by atoms with van der Waals surface area (Å²) in [5.41, 5.74) is -0.997. The largest absolute Gasteiger partial charge is 0.433 e. The number of hydrogen-bond acceptors (Lipinski definition) is 4. The van der Waals surface area contributed by atoms with Gasteiger partial charge in [-0.15, -0.1) is 0 Å². The summed E-state index contributed by atoms with van der Waals surface area (Å²) < 4.78 is 60.6. The highest BCUT2D eigenvalue weighted by molar-refractivity contribution is 7.88. The third kappa shape index (κ3) is 5.32. The minimum absolute atomic E-state index is 0.0418. The van der Waals surface area contributed by atoms with E-state index in [1.807, 2.05) is 0 Å². The van der Waals surface area contributed by atoms with Crippen LogP contribution in [0.25, 0.3) is 0 Å². The topological polar surface area (TPSA) is 71.1 Å². The van der Waals surface area contributed by atoms with Crippen molar-refractivity contribution in [2.45, 2.75) is 6.18 Å². The Kier molecular flexibility index (Phi) is 4.52. The van der Waals surface area contributed by atoms with Crippen molar-refractivity contribution in [1.29, 1.82) is 0 Å². The van der Waals surface area contributed by atoms with Crippen molar-refractivity contribution in [3.63, 3.8) is 0 Å². The molecule has 0 saturated carbocycles. The number of aromatic nitrogens is 1. The third-order valence-corrected chi connectivity index (χ3v) is 2.56. The van der Waals surface area contributed by atoms with Crippen molar-refractivity contribution in [3.05, 3.63) is 23.9 Å². The molecule has 102 valence electrons. The van der Waals surface area contributed by atoms with Crippen LogP contribution in [0.15, 0.2) is 18.2 Å². The van der Waals surface area contributed by atoms with Crippen molar-refractivity contribution < 1.29 is 21.6 Å². The Bertz CT molecular complexity index is 502. The van der Waals surface area contributed by atoms with Crippen LogP contribution in [0.4, 0.5) is 19.0 Å². The summed E-state index contributed by atoms with van der Waals surface area (Å²) in [6.07, 6.45) is -3.50. The summed E-state index contributed by atoms with van der Waals surface area (Å²) in [7, 11) is -3.30. The summed E-state index contributed by atoms with van der Waals surface area (Å²) in [6.45, 7) is 0.206. The summed E-state index contributed by atoms with van der Waals surface area (Å²) in [5, 5.41) is 2.59. The smallest absolute Gasteiger partial charge is 0.369 e. The normalized spacial score (nSPS) is 12.4. The number of pyridine rings is 1. The first kappa shape index (κ1) is 14.7. The van der Waals surface area contributed by atoms with E-state index in [9.17, 15) is 21.6 Å². The second kappa shape index (κ2) is 5.53. The van der Waals surface area contributed by atoms with Crippen molar-refractivity contribution in [1.82, 2.24) is 9.71 Å². The molecule has 0 spiro atoms. The van der Waals surface area contributed by atoms with Crippen LogP contribution in [0.3, 0.4) is 0 Å². The van der Waals surface area contributed by atoms with Gasteiger partial charge < -0.3 is 5.32 Å². The van der Waals surface area contributed by atoms with Gasteiger partial charge in [-0.3, -0.25) is 0 Å². The Balaban J connectivity index is 2.53. The van der Waals surface area contributed by atoms with E-state index < -0.39 is 21.9 Å². The van der Waals surface area contributed by atoms with Gasteiger partial charge in [-0.25, -0.2) is 18.1 Å². The molecular weight excluding hydrogens is 271 g/mol.